The van der Waals surface area contributed by atoms with Crippen LogP contribution in [0.1, 0.15) is 62.1 Å². The Hall–Kier alpha value is -3.33. The van der Waals surface area contributed by atoms with E-state index in [4.69, 9.17) is 21.1 Å². The van der Waals surface area contributed by atoms with Crippen LogP contribution in [0.4, 0.5) is 5.69 Å². The molecule has 1 amide bonds. The van der Waals surface area contributed by atoms with E-state index >= 15 is 0 Å². The molecule has 8 nitrogen and oxygen atoms in total. The first kappa shape index (κ1) is 34.0. The third-order valence-electron chi connectivity index (χ3n) is 10.6. The number of methoxy groups -OCH3 is 1. The van der Waals surface area contributed by atoms with Crippen LogP contribution < -0.4 is 9.64 Å². The lowest BCUT2D eigenvalue weighted by Gasteiger charge is -2.45. The molecule has 5 rings (SSSR count). The number of aliphatic hydroxyl groups is 2. The van der Waals surface area contributed by atoms with Crippen molar-refractivity contribution in [3.63, 3.8) is 0 Å². The first-order valence-electron chi connectivity index (χ1n) is 16.3. The Bertz CT molecular complexity index is 1480. The van der Waals surface area contributed by atoms with Crippen LogP contribution in [0.15, 0.2) is 61.7 Å². The number of carbonyl (C=O) groups excluding carboxylic acids is 2. The second-order valence-corrected chi connectivity index (χ2v) is 13.9. The summed E-state index contributed by atoms with van der Waals surface area (Å²) in [5.74, 6) is -0.350. The smallest absolute Gasteiger partial charge is 0.343 e. The van der Waals surface area contributed by atoms with Crippen molar-refractivity contribution in [1.82, 2.24) is 4.90 Å². The lowest BCUT2D eigenvalue weighted by atomic mass is 9.68. The quantitative estimate of drug-likeness (QED) is 0.243. The molecule has 2 aromatic carbocycles. The minimum absolute atomic E-state index is 0.0967. The summed E-state index contributed by atoms with van der Waals surface area (Å²) in [6.07, 6.45) is 7.61. The molecule has 46 heavy (non-hydrogen) atoms. The second kappa shape index (κ2) is 13.8. The third kappa shape index (κ3) is 6.44. The van der Waals surface area contributed by atoms with E-state index in [9.17, 15) is 19.8 Å². The Morgan fingerprint density at radius 1 is 1.26 bits per heavy atom. The first-order chi connectivity index (χ1) is 22.0. The molecule has 0 saturated heterocycles. The van der Waals surface area contributed by atoms with E-state index < -0.39 is 30.0 Å². The van der Waals surface area contributed by atoms with E-state index in [-0.39, 0.29) is 28.9 Å². The molecule has 1 fully saturated rings. The van der Waals surface area contributed by atoms with Crippen LogP contribution in [0.25, 0.3) is 0 Å². The monoisotopic (exact) mass is 650 g/mol. The molecule has 3 aliphatic rings. The number of carbonyl (C=O) groups is 2. The third-order valence-corrected chi connectivity index (χ3v) is 10.9. The minimum Gasteiger partial charge on any atom is -0.490 e. The lowest BCUT2D eigenvalue weighted by molar-refractivity contribution is -0.168. The van der Waals surface area contributed by atoms with Gasteiger partial charge in [0.1, 0.15) is 5.75 Å². The summed E-state index contributed by atoms with van der Waals surface area (Å²) in [6.45, 7) is 11.2. The number of amides is 1. The average molecular weight is 651 g/mol. The maximum absolute atomic E-state index is 13.4. The van der Waals surface area contributed by atoms with Crippen LogP contribution >= 0.6 is 11.6 Å². The summed E-state index contributed by atoms with van der Waals surface area (Å²) >= 11 is 6.41. The number of anilines is 1. The molecule has 0 bridgehead atoms. The zero-order chi connectivity index (χ0) is 33.2. The van der Waals surface area contributed by atoms with Gasteiger partial charge in [-0.3, -0.25) is 4.79 Å². The predicted molar refractivity (Wildman–Crippen MR) is 180 cm³/mol. The van der Waals surface area contributed by atoms with Crippen molar-refractivity contribution in [3.8, 4) is 5.75 Å². The summed E-state index contributed by atoms with van der Waals surface area (Å²) < 4.78 is 11.7. The lowest BCUT2D eigenvalue weighted by Crippen LogP contribution is -2.49. The first-order valence-corrected chi connectivity index (χ1v) is 16.6. The van der Waals surface area contributed by atoms with E-state index in [0.29, 0.717) is 36.9 Å². The number of nitrogens with zero attached hydrogens (tertiary/aromatic N) is 2. The van der Waals surface area contributed by atoms with Crippen LogP contribution in [0.3, 0.4) is 0 Å². The molecule has 1 spiro atoms. The molecule has 1 heterocycles. The summed E-state index contributed by atoms with van der Waals surface area (Å²) in [5, 5.41) is 23.3. The molecular weight excluding hydrogens is 604 g/mol. The molecule has 2 N–H and O–H groups in total. The molecule has 248 valence electrons. The Balaban J connectivity index is 1.56. The van der Waals surface area contributed by atoms with Crippen molar-refractivity contribution in [2.24, 2.45) is 11.8 Å². The minimum atomic E-state index is -2.22. The molecule has 0 radical (unpaired) electrons. The Morgan fingerprint density at radius 2 is 2.04 bits per heavy atom. The number of aryl methyl sites for hydroxylation is 1. The van der Waals surface area contributed by atoms with Gasteiger partial charge in [-0.05, 0) is 98.2 Å². The standard InChI is InChI=1S/C37H47ClN2O6/c1-6-9-24(3)39(4)34(42)20-37(44,35(43)45-5)27-12-16-33-31(19-27)40(21-26-11-14-29(26)32(41)7-2)22-36(23-46-33)17-8-10-25-18-28(38)13-15-30(25)36/h6-7,12-13,15-16,18-19,24,26,29,32,41,44H,1-2,8-11,14,17,20-23H2,3-5H3/t24-,26-,29+,32-,36-,37+/m0/s1. The van der Waals surface area contributed by atoms with Gasteiger partial charge in [0.05, 0.1) is 31.9 Å². The molecule has 2 aliphatic carbocycles. The highest BCUT2D eigenvalue weighted by Gasteiger charge is 2.46. The highest BCUT2D eigenvalue weighted by molar-refractivity contribution is 6.30. The van der Waals surface area contributed by atoms with Gasteiger partial charge in [0, 0.05) is 36.6 Å². The van der Waals surface area contributed by atoms with Gasteiger partial charge in [0.15, 0.2) is 5.60 Å². The summed E-state index contributed by atoms with van der Waals surface area (Å²) in [7, 11) is 2.86. The molecular formula is C37H47ClN2O6. The predicted octanol–water partition coefficient (Wildman–Crippen LogP) is 5.56. The fourth-order valence-corrected chi connectivity index (χ4v) is 7.74. The van der Waals surface area contributed by atoms with E-state index in [1.54, 1.807) is 37.4 Å². The van der Waals surface area contributed by atoms with Crippen LogP contribution in [-0.2, 0) is 31.8 Å². The zero-order valence-electron chi connectivity index (χ0n) is 27.2. The van der Waals surface area contributed by atoms with Gasteiger partial charge in [-0.2, -0.15) is 0 Å². The van der Waals surface area contributed by atoms with Crippen LogP contribution in [-0.4, -0.2) is 73.0 Å². The number of hydrogen-bond acceptors (Lipinski definition) is 7. The Labute approximate surface area is 277 Å². The molecule has 0 aromatic heterocycles. The Morgan fingerprint density at radius 3 is 2.72 bits per heavy atom. The average Bonchev–Trinajstić information content (AvgIpc) is 3.18. The fourth-order valence-electron chi connectivity index (χ4n) is 7.55. The fraction of sp³-hybridized carbons (Fsp3) is 0.514. The SMILES string of the molecule is C=CC[C@H](C)N(C)C(=O)C[C@](O)(C(=O)OC)c1ccc2c(c1)N(C[C@@H]1CC[C@H]1[C@@H](O)C=C)C[C@@]1(CCCc3cc(Cl)ccc31)CO2. The van der Waals surface area contributed by atoms with Gasteiger partial charge in [0.2, 0.25) is 5.91 Å². The van der Waals surface area contributed by atoms with Gasteiger partial charge >= 0.3 is 5.97 Å². The zero-order valence-corrected chi connectivity index (χ0v) is 28.0. The topological polar surface area (TPSA) is 99.5 Å². The van der Waals surface area contributed by atoms with Crippen molar-refractivity contribution in [2.45, 2.75) is 75.0 Å². The number of ether oxygens (including phenoxy) is 2. The van der Waals surface area contributed by atoms with Crippen molar-refractivity contribution < 1.29 is 29.3 Å². The van der Waals surface area contributed by atoms with Gasteiger partial charge in [-0.15, -0.1) is 13.2 Å². The van der Waals surface area contributed by atoms with Gasteiger partial charge in [0.25, 0.3) is 0 Å². The normalized spacial score (nSPS) is 24.5. The molecule has 1 saturated carbocycles. The highest BCUT2D eigenvalue weighted by Crippen LogP contribution is 2.47. The van der Waals surface area contributed by atoms with E-state index in [2.05, 4.69) is 30.2 Å². The van der Waals surface area contributed by atoms with Gasteiger partial charge in [-0.1, -0.05) is 35.9 Å². The molecule has 2 aromatic rings. The number of halogens is 1. The van der Waals surface area contributed by atoms with Crippen LogP contribution in [0, 0.1) is 11.8 Å². The number of rotatable bonds is 11. The Kier molecular flexibility index (Phi) is 10.2. The molecule has 1 aliphatic heterocycles. The summed E-state index contributed by atoms with van der Waals surface area (Å²) in [4.78, 5) is 30.4. The largest absolute Gasteiger partial charge is 0.490 e. The molecule has 0 unspecified atom stereocenters. The van der Waals surface area contributed by atoms with Crippen molar-refractivity contribution >= 4 is 29.2 Å². The van der Waals surface area contributed by atoms with E-state index in [1.807, 2.05) is 13.0 Å². The number of benzene rings is 2. The molecule has 9 heteroatoms. The second-order valence-electron chi connectivity index (χ2n) is 13.4. The summed E-state index contributed by atoms with van der Waals surface area (Å²) in [6, 6.07) is 11.2. The maximum atomic E-state index is 13.4. The van der Waals surface area contributed by atoms with Crippen molar-refractivity contribution in [2.75, 3.05) is 38.8 Å². The molecule has 6 atom stereocenters. The maximum Gasteiger partial charge on any atom is 0.343 e. The van der Waals surface area contributed by atoms with Gasteiger partial charge < -0.3 is 29.5 Å². The number of hydrogen-bond donors (Lipinski definition) is 2. The van der Waals surface area contributed by atoms with E-state index in [0.717, 1.165) is 37.8 Å². The van der Waals surface area contributed by atoms with Gasteiger partial charge in [-0.25, -0.2) is 4.79 Å². The number of aliphatic hydroxyl groups excluding tert-OH is 1. The van der Waals surface area contributed by atoms with Crippen LogP contribution in [0.2, 0.25) is 5.02 Å². The highest BCUT2D eigenvalue weighted by atomic mass is 35.5. The van der Waals surface area contributed by atoms with Crippen molar-refractivity contribution in [1.29, 1.82) is 0 Å². The number of fused-ring (bicyclic) bond motifs is 3. The van der Waals surface area contributed by atoms with Crippen LogP contribution in [0.5, 0.6) is 5.75 Å². The summed E-state index contributed by atoms with van der Waals surface area (Å²) in [5.41, 5.74) is 0.916. The van der Waals surface area contributed by atoms with Crippen molar-refractivity contribution in [3.05, 3.63) is 83.4 Å². The number of esters is 1. The van der Waals surface area contributed by atoms with E-state index in [1.165, 1.54) is 23.1 Å².